The van der Waals surface area contributed by atoms with Crippen LogP contribution in [0.5, 0.6) is 0 Å². The average Bonchev–Trinajstić information content (AvgIpc) is 3.37. The number of nitrogens with one attached hydrogen (secondary N) is 1. The first-order valence-electron chi connectivity index (χ1n) is 9.24. The maximum atomic E-state index is 13.7. The van der Waals surface area contributed by atoms with Crippen LogP contribution in [0.15, 0.2) is 60.8 Å². The summed E-state index contributed by atoms with van der Waals surface area (Å²) in [4.78, 5) is 29.6. The molecule has 0 aliphatic rings. The number of anilines is 1. The normalized spacial score (nSPS) is 10.7. The van der Waals surface area contributed by atoms with Gasteiger partial charge in [-0.2, -0.15) is 5.10 Å². The smallest absolute Gasteiger partial charge is 0.358 e. The molecule has 2 heterocycles. The Kier molecular flexibility index (Phi) is 5.59. The molecule has 31 heavy (non-hydrogen) atoms. The fraction of sp³-hybridized carbons (Fsp3) is 0.0909. The molecule has 156 valence electrons. The van der Waals surface area contributed by atoms with Gasteiger partial charge >= 0.3 is 5.97 Å². The van der Waals surface area contributed by atoms with Gasteiger partial charge < -0.3 is 4.74 Å². The van der Waals surface area contributed by atoms with E-state index >= 15 is 0 Å². The van der Waals surface area contributed by atoms with E-state index in [9.17, 15) is 14.0 Å². The second-order valence-corrected chi connectivity index (χ2v) is 7.54. The summed E-state index contributed by atoms with van der Waals surface area (Å²) < 4.78 is 20.1. The van der Waals surface area contributed by atoms with Gasteiger partial charge in [0.1, 0.15) is 5.82 Å². The molecule has 0 atom stereocenters. The fourth-order valence-corrected chi connectivity index (χ4v) is 4.00. The zero-order chi connectivity index (χ0) is 22.0. The molecule has 0 fully saturated rings. The lowest BCUT2D eigenvalue weighted by atomic mass is 10.1. The maximum absolute atomic E-state index is 13.7. The highest BCUT2D eigenvalue weighted by Gasteiger charge is 2.23. The Morgan fingerprint density at radius 1 is 1.13 bits per heavy atom. The summed E-state index contributed by atoms with van der Waals surface area (Å²) in [7, 11) is 1.23. The highest BCUT2D eigenvalue weighted by molar-refractivity contribution is 7.19. The fourth-order valence-electron chi connectivity index (χ4n) is 3.06. The van der Waals surface area contributed by atoms with Gasteiger partial charge in [-0.3, -0.25) is 10.1 Å². The van der Waals surface area contributed by atoms with Crippen molar-refractivity contribution in [3.05, 3.63) is 83.6 Å². The summed E-state index contributed by atoms with van der Waals surface area (Å²) >= 11 is 1.06. The largest absolute Gasteiger partial charge is 0.464 e. The van der Waals surface area contributed by atoms with Crippen LogP contribution in [-0.2, 0) is 4.74 Å². The van der Waals surface area contributed by atoms with E-state index in [-0.39, 0.29) is 10.8 Å². The number of benzene rings is 2. The SMILES string of the molecule is COC(=O)c1nc(NC(=O)c2cnn(-c3ccccc3)c2C)sc1-c1cccc(F)c1. The molecule has 1 amide bonds. The third-order valence-electron chi connectivity index (χ3n) is 4.57. The van der Waals surface area contributed by atoms with Crippen molar-refractivity contribution in [3.8, 4) is 16.1 Å². The van der Waals surface area contributed by atoms with Crippen LogP contribution < -0.4 is 5.32 Å². The van der Waals surface area contributed by atoms with Crippen molar-refractivity contribution in [1.82, 2.24) is 14.8 Å². The molecule has 0 unspecified atom stereocenters. The molecule has 0 spiro atoms. The maximum Gasteiger partial charge on any atom is 0.358 e. The van der Waals surface area contributed by atoms with E-state index in [0.717, 1.165) is 17.0 Å². The number of thiazole rings is 1. The first-order chi connectivity index (χ1) is 15.0. The van der Waals surface area contributed by atoms with Crippen molar-refractivity contribution < 1.29 is 18.7 Å². The van der Waals surface area contributed by atoms with Crippen molar-refractivity contribution in [1.29, 1.82) is 0 Å². The lowest BCUT2D eigenvalue weighted by molar-refractivity contribution is 0.0595. The average molecular weight is 436 g/mol. The summed E-state index contributed by atoms with van der Waals surface area (Å²) in [5.41, 5.74) is 2.32. The minimum atomic E-state index is -0.677. The molecule has 0 saturated heterocycles. The van der Waals surface area contributed by atoms with Gasteiger partial charge in [-0.05, 0) is 36.8 Å². The van der Waals surface area contributed by atoms with Gasteiger partial charge in [0.05, 0.1) is 35.1 Å². The Hall–Kier alpha value is -3.85. The molecule has 0 aliphatic heterocycles. The molecule has 0 aliphatic carbocycles. The Labute approximate surface area is 181 Å². The second kappa shape index (κ2) is 8.49. The standard InChI is InChI=1S/C22H17FN4O3S/c1-13-17(12-24-27(13)16-9-4-3-5-10-16)20(28)26-22-25-18(21(29)30-2)19(31-22)14-7-6-8-15(23)11-14/h3-12H,1-2H3,(H,25,26,28). The number of esters is 1. The molecule has 2 aromatic heterocycles. The number of carbonyl (C=O) groups is 2. The Bertz CT molecular complexity index is 1270. The van der Waals surface area contributed by atoms with E-state index in [1.807, 2.05) is 30.3 Å². The van der Waals surface area contributed by atoms with Crippen LogP contribution in [-0.4, -0.2) is 33.8 Å². The van der Waals surface area contributed by atoms with Crippen LogP contribution in [0.2, 0.25) is 0 Å². The molecule has 0 bridgehead atoms. The van der Waals surface area contributed by atoms with Gasteiger partial charge in [0.25, 0.3) is 5.91 Å². The molecular weight excluding hydrogens is 419 g/mol. The number of amides is 1. The predicted molar refractivity (Wildman–Crippen MR) is 115 cm³/mol. The van der Waals surface area contributed by atoms with Crippen LogP contribution in [0.1, 0.15) is 26.5 Å². The first-order valence-corrected chi connectivity index (χ1v) is 10.1. The topological polar surface area (TPSA) is 86.1 Å². The van der Waals surface area contributed by atoms with Crippen molar-refractivity contribution in [3.63, 3.8) is 0 Å². The molecule has 0 saturated carbocycles. The van der Waals surface area contributed by atoms with Gasteiger partial charge in [-0.25, -0.2) is 18.9 Å². The summed E-state index contributed by atoms with van der Waals surface area (Å²) in [6.45, 7) is 1.79. The van der Waals surface area contributed by atoms with Gasteiger partial charge in [0.2, 0.25) is 0 Å². The van der Waals surface area contributed by atoms with E-state index in [4.69, 9.17) is 4.74 Å². The molecule has 0 radical (unpaired) electrons. The molecule has 4 rings (SSSR count). The number of carbonyl (C=O) groups excluding carboxylic acids is 2. The van der Waals surface area contributed by atoms with E-state index in [1.54, 1.807) is 17.7 Å². The molecule has 1 N–H and O–H groups in total. The Morgan fingerprint density at radius 2 is 1.90 bits per heavy atom. The van der Waals surface area contributed by atoms with Crippen LogP contribution in [0, 0.1) is 12.7 Å². The van der Waals surface area contributed by atoms with Gasteiger partial charge in [0.15, 0.2) is 10.8 Å². The van der Waals surface area contributed by atoms with E-state index in [2.05, 4.69) is 15.4 Å². The molecule has 2 aromatic carbocycles. The van der Waals surface area contributed by atoms with Crippen molar-refractivity contribution in [2.24, 2.45) is 0 Å². The van der Waals surface area contributed by atoms with E-state index < -0.39 is 17.7 Å². The van der Waals surface area contributed by atoms with Crippen LogP contribution in [0.3, 0.4) is 0 Å². The number of hydrogen-bond acceptors (Lipinski definition) is 6. The van der Waals surface area contributed by atoms with E-state index in [1.165, 1.54) is 31.5 Å². The van der Waals surface area contributed by atoms with Gasteiger partial charge in [-0.1, -0.05) is 41.7 Å². The number of rotatable bonds is 5. The molecule has 7 nitrogen and oxygen atoms in total. The Balaban J connectivity index is 1.65. The van der Waals surface area contributed by atoms with Gasteiger partial charge in [-0.15, -0.1) is 0 Å². The van der Waals surface area contributed by atoms with Crippen LogP contribution in [0.4, 0.5) is 9.52 Å². The molecule has 4 aromatic rings. The lowest BCUT2D eigenvalue weighted by Crippen LogP contribution is -2.13. The summed E-state index contributed by atoms with van der Waals surface area (Å²) in [6.07, 6.45) is 1.47. The molecule has 9 heteroatoms. The quantitative estimate of drug-likeness (QED) is 0.466. The predicted octanol–water partition coefficient (Wildman–Crippen LogP) is 4.48. The first kappa shape index (κ1) is 20.4. The highest BCUT2D eigenvalue weighted by atomic mass is 32.1. The minimum absolute atomic E-state index is 0.00472. The monoisotopic (exact) mass is 436 g/mol. The number of methoxy groups -OCH3 is 1. The zero-order valence-corrected chi connectivity index (χ0v) is 17.4. The number of aromatic nitrogens is 3. The third kappa shape index (κ3) is 4.08. The summed E-state index contributed by atoms with van der Waals surface area (Å²) in [5.74, 6) is -1.55. The summed E-state index contributed by atoms with van der Waals surface area (Å²) in [6, 6.07) is 15.2. The number of halogens is 1. The number of para-hydroxylation sites is 1. The third-order valence-corrected chi connectivity index (χ3v) is 5.59. The van der Waals surface area contributed by atoms with Crippen molar-refractivity contribution in [2.45, 2.75) is 6.92 Å². The van der Waals surface area contributed by atoms with E-state index in [0.29, 0.717) is 21.7 Å². The lowest BCUT2D eigenvalue weighted by Gasteiger charge is -2.05. The highest BCUT2D eigenvalue weighted by Crippen LogP contribution is 2.34. The number of ether oxygens (including phenoxy) is 1. The number of nitrogens with zero attached hydrogens (tertiary/aromatic N) is 3. The molecular formula is C22H17FN4O3S. The Morgan fingerprint density at radius 3 is 2.61 bits per heavy atom. The minimum Gasteiger partial charge on any atom is -0.464 e. The second-order valence-electron chi connectivity index (χ2n) is 6.54. The van der Waals surface area contributed by atoms with Gasteiger partial charge in [0, 0.05) is 0 Å². The van der Waals surface area contributed by atoms with Crippen LogP contribution in [0.25, 0.3) is 16.1 Å². The van der Waals surface area contributed by atoms with Crippen molar-refractivity contribution in [2.75, 3.05) is 12.4 Å². The van der Waals surface area contributed by atoms with Crippen molar-refractivity contribution >= 4 is 28.3 Å². The summed E-state index contributed by atoms with van der Waals surface area (Å²) in [5, 5.41) is 7.19. The van der Waals surface area contributed by atoms with Crippen LogP contribution >= 0.6 is 11.3 Å². The number of hydrogen-bond donors (Lipinski definition) is 1. The zero-order valence-electron chi connectivity index (χ0n) is 16.6.